The molecule has 0 spiro atoms. The van der Waals surface area contributed by atoms with Crippen LogP contribution in [0.1, 0.15) is 42.3 Å². The third-order valence-corrected chi connectivity index (χ3v) is 4.17. The van der Waals surface area contributed by atoms with Gasteiger partial charge in [-0.25, -0.2) is 0 Å². The van der Waals surface area contributed by atoms with Crippen LogP contribution in [0.15, 0.2) is 46.0 Å². The van der Waals surface area contributed by atoms with Gasteiger partial charge in [-0.15, -0.1) is 10.0 Å². The fourth-order valence-corrected chi connectivity index (χ4v) is 2.62. The molecule has 0 aliphatic heterocycles. The molecule has 0 saturated carbocycles. The molecule has 0 saturated heterocycles. The van der Waals surface area contributed by atoms with Crippen molar-refractivity contribution in [2.24, 2.45) is 5.18 Å². The maximum absolute atomic E-state index is 10.9. The molecule has 0 aliphatic carbocycles. The first kappa shape index (κ1) is 18.6. The SMILES string of the molecule is Cc1ccc(Nc2nnc(COc3cc(C)c(N=O)cc3C(C)C)o2)cc1. The molecule has 2 aromatic carbocycles. The fourth-order valence-electron chi connectivity index (χ4n) is 2.62. The lowest BCUT2D eigenvalue weighted by atomic mass is 9.99. The summed E-state index contributed by atoms with van der Waals surface area (Å²) in [4.78, 5) is 10.9. The highest BCUT2D eigenvalue weighted by Crippen LogP contribution is 2.34. The summed E-state index contributed by atoms with van der Waals surface area (Å²) in [5, 5.41) is 14.1. The maximum atomic E-state index is 10.9. The topological polar surface area (TPSA) is 89.6 Å². The number of benzene rings is 2. The van der Waals surface area contributed by atoms with Gasteiger partial charge in [-0.05, 0) is 60.3 Å². The highest BCUT2D eigenvalue weighted by Gasteiger charge is 2.14. The zero-order chi connectivity index (χ0) is 19.4. The Kier molecular flexibility index (Phi) is 5.49. The summed E-state index contributed by atoms with van der Waals surface area (Å²) in [6.45, 7) is 8.04. The minimum Gasteiger partial charge on any atom is -0.483 e. The summed E-state index contributed by atoms with van der Waals surface area (Å²) < 4.78 is 11.5. The van der Waals surface area contributed by atoms with E-state index in [-0.39, 0.29) is 12.5 Å². The molecule has 1 N–H and O–H groups in total. The Balaban J connectivity index is 1.70. The number of hydrogen-bond acceptors (Lipinski definition) is 7. The Hall–Kier alpha value is -3.22. The molecule has 0 bridgehead atoms. The minimum absolute atomic E-state index is 0.135. The first-order chi connectivity index (χ1) is 13.0. The van der Waals surface area contributed by atoms with E-state index in [4.69, 9.17) is 9.15 Å². The van der Waals surface area contributed by atoms with Crippen LogP contribution in [0.25, 0.3) is 0 Å². The fraction of sp³-hybridized carbons (Fsp3) is 0.300. The third kappa shape index (κ3) is 4.49. The number of nitrogens with one attached hydrogen (secondary N) is 1. The van der Waals surface area contributed by atoms with Crippen molar-refractivity contribution in [2.75, 3.05) is 5.32 Å². The van der Waals surface area contributed by atoms with Gasteiger partial charge >= 0.3 is 6.01 Å². The smallest absolute Gasteiger partial charge is 0.320 e. The van der Waals surface area contributed by atoms with Crippen molar-refractivity contribution in [1.82, 2.24) is 10.2 Å². The second-order valence-corrected chi connectivity index (χ2v) is 6.70. The average molecular weight is 366 g/mol. The van der Waals surface area contributed by atoms with Gasteiger partial charge in [-0.1, -0.05) is 36.6 Å². The zero-order valence-electron chi connectivity index (χ0n) is 15.8. The van der Waals surface area contributed by atoms with Crippen LogP contribution < -0.4 is 10.1 Å². The highest BCUT2D eigenvalue weighted by atomic mass is 16.5. The molecule has 0 atom stereocenters. The summed E-state index contributed by atoms with van der Waals surface area (Å²) in [7, 11) is 0. The lowest BCUT2D eigenvalue weighted by molar-refractivity contribution is 0.261. The van der Waals surface area contributed by atoms with Crippen molar-refractivity contribution in [3.8, 4) is 5.75 Å². The molecule has 0 unspecified atom stereocenters. The van der Waals surface area contributed by atoms with Crippen molar-refractivity contribution in [3.05, 3.63) is 63.9 Å². The monoisotopic (exact) mass is 366 g/mol. The molecule has 1 aromatic heterocycles. The van der Waals surface area contributed by atoms with Crippen molar-refractivity contribution >= 4 is 17.4 Å². The summed E-state index contributed by atoms with van der Waals surface area (Å²) in [5.41, 5.74) is 4.14. The van der Waals surface area contributed by atoms with Crippen LogP contribution in [-0.4, -0.2) is 10.2 Å². The van der Waals surface area contributed by atoms with Crippen molar-refractivity contribution in [2.45, 2.75) is 40.2 Å². The first-order valence-corrected chi connectivity index (χ1v) is 8.73. The van der Waals surface area contributed by atoms with Crippen LogP contribution in [0.5, 0.6) is 5.75 Å². The van der Waals surface area contributed by atoms with Crippen molar-refractivity contribution < 1.29 is 9.15 Å². The Morgan fingerprint density at radius 2 is 1.89 bits per heavy atom. The summed E-state index contributed by atoms with van der Waals surface area (Å²) in [6.07, 6.45) is 0. The van der Waals surface area contributed by atoms with Gasteiger partial charge < -0.3 is 14.5 Å². The van der Waals surface area contributed by atoms with E-state index in [2.05, 4.69) is 20.7 Å². The van der Waals surface area contributed by atoms with Gasteiger partial charge in [0.1, 0.15) is 11.4 Å². The Morgan fingerprint density at radius 3 is 2.56 bits per heavy atom. The van der Waals surface area contributed by atoms with Crippen molar-refractivity contribution in [3.63, 3.8) is 0 Å². The normalized spacial score (nSPS) is 10.9. The number of aromatic nitrogens is 2. The molecule has 27 heavy (non-hydrogen) atoms. The van der Waals surface area contributed by atoms with E-state index in [0.717, 1.165) is 16.8 Å². The van der Waals surface area contributed by atoms with Gasteiger partial charge in [-0.3, -0.25) is 0 Å². The molecule has 7 heteroatoms. The number of anilines is 2. The first-order valence-electron chi connectivity index (χ1n) is 8.73. The zero-order valence-corrected chi connectivity index (χ0v) is 15.8. The number of hydrogen-bond donors (Lipinski definition) is 1. The number of rotatable bonds is 7. The predicted molar refractivity (Wildman–Crippen MR) is 104 cm³/mol. The molecule has 1 heterocycles. The predicted octanol–water partition coefficient (Wildman–Crippen LogP) is 5.53. The van der Waals surface area contributed by atoms with Crippen LogP contribution in [0, 0.1) is 18.8 Å². The molecule has 3 aromatic rings. The summed E-state index contributed by atoms with van der Waals surface area (Å²) in [6, 6.07) is 11.8. The van der Waals surface area contributed by atoms with E-state index in [1.54, 1.807) is 6.07 Å². The molecule has 0 fully saturated rings. The maximum Gasteiger partial charge on any atom is 0.320 e. The van der Waals surface area contributed by atoms with Crippen LogP contribution in [0.4, 0.5) is 17.4 Å². The molecule has 0 amide bonds. The van der Waals surface area contributed by atoms with Crippen LogP contribution in [-0.2, 0) is 6.61 Å². The minimum atomic E-state index is 0.135. The lowest BCUT2D eigenvalue weighted by Crippen LogP contribution is -2.01. The number of nitroso groups, excluding NO2 is 1. The van der Waals surface area contributed by atoms with E-state index in [0.29, 0.717) is 23.3 Å². The van der Waals surface area contributed by atoms with E-state index in [1.165, 1.54) is 5.56 Å². The van der Waals surface area contributed by atoms with E-state index >= 15 is 0 Å². The molecule has 0 aliphatic rings. The molecular weight excluding hydrogens is 344 g/mol. The quantitative estimate of drug-likeness (QED) is 0.553. The van der Waals surface area contributed by atoms with E-state index in [9.17, 15) is 4.91 Å². The van der Waals surface area contributed by atoms with Gasteiger partial charge in [0, 0.05) is 5.69 Å². The number of nitrogens with zero attached hydrogens (tertiary/aromatic N) is 3. The van der Waals surface area contributed by atoms with E-state index in [1.807, 2.05) is 58.0 Å². The van der Waals surface area contributed by atoms with E-state index < -0.39 is 0 Å². The number of ether oxygens (including phenoxy) is 1. The molecule has 7 nitrogen and oxygen atoms in total. The molecule has 0 radical (unpaired) electrons. The standard InChI is InChI=1S/C20H22N4O3/c1-12(2)16-10-17(24-25)14(4)9-18(16)26-11-19-22-23-20(27-19)21-15-7-5-13(3)6-8-15/h5-10,12H,11H2,1-4H3,(H,21,23). The van der Waals surface area contributed by atoms with Crippen molar-refractivity contribution in [1.29, 1.82) is 0 Å². The van der Waals surface area contributed by atoms with Gasteiger partial charge in [0.15, 0.2) is 6.61 Å². The second-order valence-electron chi connectivity index (χ2n) is 6.70. The Morgan fingerprint density at radius 1 is 1.15 bits per heavy atom. The van der Waals surface area contributed by atoms with Gasteiger partial charge in [0.05, 0.1) is 0 Å². The van der Waals surface area contributed by atoms with Gasteiger partial charge in [-0.2, -0.15) is 0 Å². The Labute approximate surface area is 157 Å². The molecule has 3 rings (SSSR count). The van der Waals surface area contributed by atoms with Crippen LogP contribution in [0.3, 0.4) is 0 Å². The van der Waals surface area contributed by atoms with Gasteiger partial charge in [0.25, 0.3) is 5.89 Å². The summed E-state index contributed by atoms with van der Waals surface area (Å²) in [5.74, 6) is 1.22. The van der Waals surface area contributed by atoms with Crippen LogP contribution in [0.2, 0.25) is 0 Å². The van der Waals surface area contributed by atoms with Crippen LogP contribution >= 0.6 is 0 Å². The molecular formula is C20H22N4O3. The second kappa shape index (κ2) is 7.99. The Bertz CT molecular complexity index is 933. The van der Waals surface area contributed by atoms with Gasteiger partial charge in [0.2, 0.25) is 0 Å². The third-order valence-electron chi connectivity index (χ3n) is 4.17. The largest absolute Gasteiger partial charge is 0.483 e. The highest BCUT2D eigenvalue weighted by molar-refractivity contribution is 5.54. The molecule has 140 valence electrons. The summed E-state index contributed by atoms with van der Waals surface area (Å²) >= 11 is 0. The average Bonchev–Trinajstić information content (AvgIpc) is 3.09. The lowest BCUT2D eigenvalue weighted by Gasteiger charge is -2.14. The number of aryl methyl sites for hydroxylation is 2.